The summed E-state index contributed by atoms with van der Waals surface area (Å²) in [6.45, 7) is 10.8. The zero-order valence-corrected chi connectivity index (χ0v) is 8.88. The molecule has 0 aliphatic carbocycles. The molecule has 1 heterocycles. The van der Waals surface area contributed by atoms with Crippen LogP contribution < -0.4 is 5.32 Å². The summed E-state index contributed by atoms with van der Waals surface area (Å²) in [6, 6.07) is 0.0231. The molecule has 0 aromatic carbocycles. The Morgan fingerprint density at radius 2 is 2.00 bits per heavy atom. The zero-order chi connectivity index (χ0) is 10.7. The molecule has 1 N–H and O–H groups in total. The summed E-state index contributed by atoms with van der Waals surface area (Å²) in [5.74, 6) is 0. The van der Waals surface area contributed by atoms with Crippen LogP contribution in [0.15, 0.2) is 13.2 Å². The van der Waals surface area contributed by atoms with Gasteiger partial charge in [-0.3, -0.25) is 0 Å². The molecule has 0 aromatic rings. The van der Waals surface area contributed by atoms with Crippen molar-refractivity contribution in [3.05, 3.63) is 13.2 Å². The van der Waals surface area contributed by atoms with Gasteiger partial charge in [0.2, 0.25) is 0 Å². The van der Waals surface area contributed by atoms with Crippen molar-refractivity contribution >= 4 is 6.29 Å². The van der Waals surface area contributed by atoms with Crippen LogP contribution in [0, 0.1) is 0 Å². The molecule has 1 aliphatic rings. The molecule has 0 spiro atoms. The summed E-state index contributed by atoms with van der Waals surface area (Å²) in [5, 5.41) is 3.01. The first kappa shape index (κ1) is 14.8. The Kier molecular flexibility index (Phi) is 12.9. The number of carbonyl (C=O) groups is 1. The maximum Gasteiger partial charge on any atom is 0.136 e. The molecule has 2 atom stereocenters. The van der Waals surface area contributed by atoms with E-state index >= 15 is 0 Å². The summed E-state index contributed by atoms with van der Waals surface area (Å²) >= 11 is 0. The van der Waals surface area contributed by atoms with Gasteiger partial charge in [-0.2, -0.15) is 0 Å². The van der Waals surface area contributed by atoms with E-state index in [1.165, 1.54) is 0 Å². The maximum atomic E-state index is 10.2. The highest BCUT2D eigenvalue weighted by molar-refractivity contribution is 5.58. The molecule has 1 fully saturated rings. The van der Waals surface area contributed by atoms with E-state index in [0.717, 1.165) is 19.3 Å². The van der Waals surface area contributed by atoms with Crippen molar-refractivity contribution in [2.45, 2.75) is 32.4 Å². The van der Waals surface area contributed by atoms with Gasteiger partial charge in [0.25, 0.3) is 0 Å². The molecule has 0 radical (unpaired) electrons. The Hall–Kier alpha value is -0.670. The van der Waals surface area contributed by atoms with E-state index in [4.69, 9.17) is 4.74 Å². The second-order valence-corrected chi connectivity index (χ2v) is 2.24. The van der Waals surface area contributed by atoms with Crippen molar-refractivity contribution in [2.75, 3.05) is 13.7 Å². The van der Waals surface area contributed by atoms with Crippen LogP contribution in [0.2, 0.25) is 0 Å². The molecule has 13 heavy (non-hydrogen) atoms. The van der Waals surface area contributed by atoms with Gasteiger partial charge in [-0.15, -0.1) is 13.2 Å². The highest BCUT2D eigenvalue weighted by atomic mass is 16.5. The Labute approximate surface area is 81.2 Å². The minimum absolute atomic E-state index is 0.0231. The van der Waals surface area contributed by atoms with Crippen molar-refractivity contribution in [1.82, 2.24) is 5.32 Å². The van der Waals surface area contributed by atoms with Gasteiger partial charge in [-0.1, -0.05) is 13.8 Å². The summed E-state index contributed by atoms with van der Waals surface area (Å²) < 4.78 is 5.02. The quantitative estimate of drug-likeness (QED) is 0.524. The van der Waals surface area contributed by atoms with Crippen LogP contribution in [-0.2, 0) is 9.53 Å². The molecule has 3 nitrogen and oxygen atoms in total. The van der Waals surface area contributed by atoms with Crippen LogP contribution in [0.4, 0.5) is 0 Å². The van der Waals surface area contributed by atoms with Gasteiger partial charge < -0.3 is 14.8 Å². The molecule has 1 saturated heterocycles. The third-order valence-corrected chi connectivity index (χ3v) is 1.62. The highest BCUT2D eigenvalue weighted by Crippen LogP contribution is 2.06. The lowest BCUT2D eigenvalue weighted by molar-refractivity contribution is -0.109. The van der Waals surface area contributed by atoms with Gasteiger partial charge in [0.15, 0.2) is 0 Å². The average Bonchev–Trinajstić information content (AvgIpc) is 2.71. The maximum absolute atomic E-state index is 10.2. The minimum atomic E-state index is 0.0231. The molecule has 0 aromatic heterocycles. The third kappa shape index (κ3) is 6.49. The first-order chi connectivity index (χ1) is 6.36. The van der Waals surface area contributed by atoms with E-state index < -0.39 is 0 Å². The standard InChI is InChI=1S/C6H11NO2.C2H6.C2H4/c1-9-6-2-5(4-8)7-3-6;2*1-2/h4-7H,2-3H2,1H3;1-2H3;1-2H2. The van der Waals surface area contributed by atoms with Crippen molar-refractivity contribution in [3.63, 3.8) is 0 Å². The molecule has 1 aliphatic heterocycles. The van der Waals surface area contributed by atoms with Crippen LogP contribution in [0.5, 0.6) is 0 Å². The normalized spacial score (nSPS) is 24.8. The average molecular weight is 187 g/mol. The molecular formula is C10H21NO2. The van der Waals surface area contributed by atoms with Gasteiger partial charge in [-0.25, -0.2) is 0 Å². The van der Waals surface area contributed by atoms with Crippen LogP contribution in [0.1, 0.15) is 20.3 Å². The summed E-state index contributed by atoms with van der Waals surface area (Å²) in [6.07, 6.45) is 1.99. The molecule has 0 saturated carbocycles. The predicted molar refractivity (Wildman–Crippen MR) is 55.9 cm³/mol. The molecule has 78 valence electrons. The zero-order valence-electron chi connectivity index (χ0n) is 8.88. The van der Waals surface area contributed by atoms with Crippen molar-refractivity contribution < 1.29 is 9.53 Å². The number of methoxy groups -OCH3 is 1. The first-order valence-corrected chi connectivity index (χ1v) is 4.58. The Bertz CT molecular complexity index is 117. The van der Waals surface area contributed by atoms with Crippen LogP contribution in [0.3, 0.4) is 0 Å². The summed E-state index contributed by atoms with van der Waals surface area (Å²) in [4.78, 5) is 10.2. The van der Waals surface area contributed by atoms with Crippen molar-refractivity contribution in [3.8, 4) is 0 Å². The second kappa shape index (κ2) is 11.3. The van der Waals surface area contributed by atoms with E-state index in [9.17, 15) is 4.79 Å². The Morgan fingerprint density at radius 3 is 2.23 bits per heavy atom. The summed E-state index contributed by atoms with van der Waals surface area (Å²) in [5.41, 5.74) is 0. The number of nitrogens with one attached hydrogen (secondary N) is 1. The molecule has 2 unspecified atom stereocenters. The first-order valence-electron chi connectivity index (χ1n) is 4.58. The van der Waals surface area contributed by atoms with E-state index in [0.29, 0.717) is 0 Å². The number of hydrogen-bond donors (Lipinski definition) is 1. The lowest BCUT2D eigenvalue weighted by Gasteiger charge is -2.02. The molecular weight excluding hydrogens is 166 g/mol. The molecule has 3 heteroatoms. The summed E-state index contributed by atoms with van der Waals surface area (Å²) in [7, 11) is 1.67. The second-order valence-electron chi connectivity index (χ2n) is 2.24. The van der Waals surface area contributed by atoms with Gasteiger partial charge in [0, 0.05) is 13.7 Å². The highest BCUT2D eigenvalue weighted by Gasteiger charge is 2.22. The fourth-order valence-corrected chi connectivity index (χ4v) is 1.02. The number of hydrogen-bond acceptors (Lipinski definition) is 3. The van der Waals surface area contributed by atoms with E-state index in [2.05, 4.69) is 18.5 Å². The van der Waals surface area contributed by atoms with E-state index in [-0.39, 0.29) is 12.1 Å². The van der Waals surface area contributed by atoms with Gasteiger partial charge >= 0.3 is 0 Å². The molecule has 1 rings (SSSR count). The topological polar surface area (TPSA) is 38.3 Å². The number of ether oxygens (including phenoxy) is 1. The molecule has 0 bridgehead atoms. The monoisotopic (exact) mass is 187 g/mol. The lowest BCUT2D eigenvalue weighted by Crippen LogP contribution is -2.22. The van der Waals surface area contributed by atoms with E-state index in [1.54, 1.807) is 7.11 Å². The minimum Gasteiger partial charge on any atom is -0.380 e. The smallest absolute Gasteiger partial charge is 0.136 e. The third-order valence-electron chi connectivity index (χ3n) is 1.62. The largest absolute Gasteiger partial charge is 0.380 e. The van der Waals surface area contributed by atoms with Crippen molar-refractivity contribution in [1.29, 1.82) is 0 Å². The number of carbonyl (C=O) groups excluding carboxylic acids is 1. The van der Waals surface area contributed by atoms with Gasteiger partial charge in [0.05, 0.1) is 12.1 Å². The molecule has 0 amide bonds. The fourth-order valence-electron chi connectivity index (χ4n) is 1.02. The Morgan fingerprint density at radius 1 is 1.46 bits per heavy atom. The number of aldehydes is 1. The van der Waals surface area contributed by atoms with Crippen molar-refractivity contribution in [2.24, 2.45) is 0 Å². The predicted octanol–water partition coefficient (Wildman–Crippen LogP) is 1.39. The van der Waals surface area contributed by atoms with Crippen LogP contribution in [0.25, 0.3) is 0 Å². The van der Waals surface area contributed by atoms with Crippen LogP contribution in [-0.4, -0.2) is 32.1 Å². The van der Waals surface area contributed by atoms with Crippen LogP contribution >= 0.6 is 0 Å². The SMILES string of the molecule is C=C.CC.COC1CNC(C=O)C1. The Balaban J connectivity index is 0. The lowest BCUT2D eigenvalue weighted by atomic mass is 10.2. The van der Waals surface area contributed by atoms with Gasteiger partial charge in [0.1, 0.15) is 6.29 Å². The number of rotatable bonds is 2. The van der Waals surface area contributed by atoms with Gasteiger partial charge in [-0.05, 0) is 6.42 Å². The van der Waals surface area contributed by atoms with E-state index in [1.807, 2.05) is 13.8 Å². The fraction of sp³-hybridized carbons (Fsp3) is 0.700.